The van der Waals surface area contributed by atoms with Crippen LogP contribution in [0.5, 0.6) is 0 Å². The molecule has 1 aliphatic rings. The van der Waals surface area contributed by atoms with Crippen molar-refractivity contribution in [2.75, 3.05) is 6.61 Å². The Morgan fingerprint density at radius 3 is 2.70 bits per heavy atom. The summed E-state index contributed by atoms with van der Waals surface area (Å²) in [4.78, 5) is 31.1. The Morgan fingerprint density at radius 2 is 2.00 bits per heavy atom. The summed E-state index contributed by atoms with van der Waals surface area (Å²) in [6.45, 7) is 3.70. The summed E-state index contributed by atoms with van der Waals surface area (Å²) in [6.07, 6.45) is 1.64. The van der Waals surface area contributed by atoms with E-state index in [1.807, 2.05) is 30.3 Å². The second-order valence-corrected chi connectivity index (χ2v) is 7.78. The topological polar surface area (TPSA) is 60.7 Å². The molecule has 0 amide bonds. The molecular formula is C23H19FN2O3S. The highest BCUT2D eigenvalue weighted by Crippen LogP contribution is 2.30. The zero-order valence-corrected chi connectivity index (χ0v) is 17.3. The van der Waals surface area contributed by atoms with E-state index in [0.29, 0.717) is 26.2 Å². The lowest BCUT2D eigenvalue weighted by atomic mass is 9.96. The van der Waals surface area contributed by atoms with E-state index in [4.69, 9.17) is 4.74 Å². The predicted octanol–water partition coefficient (Wildman–Crippen LogP) is 2.94. The Bertz CT molecular complexity index is 1320. The molecule has 1 atom stereocenters. The molecule has 2 aromatic carbocycles. The second kappa shape index (κ2) is 8.20. The number of hydrogen-bond donors (Lipinski definition) is 0. The molecule has 1 aliphatic heterocycles. The average molecular weight is 422 g/mol. The Hall–Kier alpha value is -3.32. The number of carbonyl (C=O) groups is 1. The number of benzene rings is 2. The van der Waals surface area contributed by atoms with E-state index in [-0.39, 0.29) is 18.0 Å². The van der Waals surface area contributed by atoms with Crippen LogP contribution in [-0.2, 0) is 9.53 Å². The van der Waals surface area contributed by atoms with E-state index in [9.17, 15) is 14.0 Å². The van der Waals surface area contributed by atoms with Crippen LogP contribution in [0.2, 0.25) is 0 Å². The third-order valence-corrected chi connectivity index (χ3v) is 5.76. The van der Waals surface area contributed by atoms with Crippen molar-refractivity contribution < 1.29 is 13.9 Å². The molecule has 2 heterocycles. The maximum absolute atomic E-state index is 13.6. The minimum atomic E-state index is -0.642. The molecule has 0 bridgehead atoms. The van der Waals surface area contributed by atoms with E-state index in [1.54, 1.807) is 32.1 Å². The van der Waals surface area contributed by atoms with Crippen molar-refractivity contribution in [3.8, 4) is 0 Å². The van der Waals surface area contributed by atoms with Crippen molar-refractivity contribution >= 4 is 23.4 Å². The summed E-state index contributed by atoms with van der Waals surface area (Å²) in [5.74, 6) is -0.869. The van der Waals surface area contributed by atoms with Gasteiger partial charge < -0.3 is 4.74 Å². The van der Waals surface area contributed by atoms with Gasteiger partial charge in [-0.2, -0.15) is 0 Å². The van der Waals surface area contributed by atoms with Gasteiger partial charge in [-0.3, -0.25) is 9.36 Å². The minimum absolute atomic E-state index is 0.223. The highest BCUT2D eigenvalue weighted by Gasteiger charge is 2.33. The molecule has 4 rings (SSSR count). The van der Waals surface area contributed by atoms with Gasteiger partial charge in [0.05, 0.1) is 28.5 Å². The zero-order chi connectivity index (χ0) is 21.3. The molecular weight excluding hydrogens is 403 g/mol. The van der Waals surface area contributed by atoms with Crippen LogP contribution >= 0.6 is 11.3 Å². The average Bonchev–Trinajstić information content (AvgIpc) is 3.02. The zero-order valence-electron chi connectivity index (χ0n) is 16.5. The van der Waals surface area contributed by atoms with Crippen molar-refractivity contribution in [3.63, 3.8) is 0 Å². The van der Waals surface area contributed by atoms with Crippen LogP contribution in [0, 0.1) is 5.82 Å². The van der Waals surface area contributed by atoms with Gasteiger partial charge in [0.15, 0.2) is 4.80 Å². The summed E-state index contributed by atoms with van der Waals surface area (Å²) < 4.78 is 20.8. The van der Waals surface area contributed by atoms with E-state index >= 15 is 0 Å². The third-order valence-electron chi connectivity index (χ3n) is 4.78. The van der Waals surface area contributed by atoms with Crippen molar-refractivity contribution in [2.45, 2.75) is 19.9 Å². The predicted molar refractivity (Wildman–Crippen MR) is 113 cm³/mol. The Kier molecular flexibility index (Phi) is 5.46. The van der Waals surface area contributed by atoms with Gasteiger partial charge in [-0.05, 0) is 43.2 Å². The first kappa shape index (κ1) is 20.0. The van der Waals surface area contributed by atoms with Crippen molar-refractivity contribution in [3.05, 3.63) is 102 Å². The Balaban J connectivity index is 1.96. The van der Waals surface area contributed by atoms with Crippen molar-refractivity contribution in [1.29, 1.82) is 0 Å². The number of nitrogens with zero attached hydrogens (tertiary/aromatic N) is 2. The number of thiazole rings is 1. The lowest BCUT2D eigenvalue weighted by Gasteiger charge is -2.24. The first-order valence-electron chi connectivity index (χ1n) is 9.49. The van der Waals surface area contributed by atoms with Gasteiger partial charge in [0, 0.05) is 0 Å². The van der Waals surface area contributed by atoms with Gasteiger partial charge in [-0.25, -0.2) is 14.2 Å². The fourth-order valence-electron chi connectivity index (χ4n) is 3.49. The highest BCUT2D eigenvalue weighted by molar-refractivity contribution is 7.07. The maximum Gasteiger partial charge on any atom is 0.338 e. The SMILES string of the molecule is CCOC(=O)C1=C(C)N=c2s/c(=C\c3cccc(F)c3)c(=O)n2C1c1ccccc1. The molecule has 0 spiro atoms. The summed E-state index contributed by atoms with van der Waals surface area (Å²) >= 11 is 1.21. The molecule has 0 fully saturated rings. The number of hydrogen-bond acceptors (Lipinski definition) is 5. The van der Waals surface area contributed by atoms with Crippen LogP contribution in [0.15, 0.2) is 75.7 Å². The van der Waals surface area contributed by atoms with Gasteiger partial charge in [-0.1, -0.05) is 53.8 Å². The largest absolute Gasteiger partial charge is 0.463 e. The highest BCUT2D eigenvalue weighted by atomic mass is 32.1. The normalized spacial score (nSPS) is 16.2. The van der Waals surface area contributed by atoms with Gasteiger partial charge in [0.1, 0.15) is 5.82 Å². The van der Waals surface area contributed by atoms with Gasteiger partial charge >= 0.3 is 5.97 Å². The summed E-state index contributed by atoms with van der Waals surface area (Å²) in [6, 6.07) is 14.7. The van der Waals surface area contributed by atoms with Gasteiger partial charge in [-0.15, -0.1) is 0 Å². The summed E-state index contributed by atoms with van der Waals surface area (Å²) in [5, 5.41) is 0. The molecule has 7 heteroatoms. The van der Waals surface area contributed by atoms with Gasteiger partial charge in [0.25, 0.3) is 5.56 Å². The fraction of sp³-hybridized carbons (Fsp3) is 0.174. The molecule has 1 aromatic heterocycles. The van der Waals surface area contributed by atoms with Crippen LogP contribution in [0.1, 0.15) is 31.0 Å². The molecule has 0 radical (unpaired) electrons. The van der Waals surface area contributed by atoms with Crippen LogP contribution in [-0.4, -0.2) is 17.1 Å². The van der Waals surface area contributed by atoms with Crippen molar-refractivity contribution in [1.82, 2.24) is 4.57 Å². The number of ether oxygens (including phenoxy) is 1. The lowest BCUT2D eigenvalue weighted by molar-refractivity contribution is -0.139. The molecule has 0 aliphatic carbocycles. The van der Waals surface area contributed by atoms with E-state index in [0.717, 1.165) is 5.56 Å². The van der Waals surface area contributed by atoms with Crippen LogP contribution in [0.4, 0.5) is 4.39 Å². The minimum Gasteiger partial charge on any atom is -0.463 e. The Morgan fingerprint density at radius 1 is 1.23 bits per heavy atom. The monoisotopic (exact) mass is 422 g/mol. The van der Waals surface area contributed by atoms with E-state index < -0.39 is 12.0 Å². The van der Waals surface area contributed by atoms with Crippen LogP contribution < -0.4 is 14.9 Å². The Labute approximate surface area is 176 Å². The van der Waals surface area contributed by atoms with Crippen LogP contribution in [0.25, 0.3) is 6.08 Å². The number of halogens is 1. The first-order chi connectivity index (χ1) is 14.5. The lowest BCUT2D eigenvalue weighted by Crippen LogP contribution is -2.39. The molecule has 152 valence electrons. The number of carbonyl (C=O) groups excluding carboxylic acids is 1. The molecule has 0 saturated heterocycles. The fourth-order valence-corrected chi connectivity index (χ4v) is 4.54. The molecule has 3 aromatic rings. The quantitative estimate of drug-likeness (QED) is 0.608. The summed E-state index contributed by atoms with van der Waals surface area (Å²) in [7, 11) is 0. The number of rotatable bonds is 4. The molecule has 0 saturated carbocycles. The second-order valence-electron chi connectivity index (χ2n) is 6.77. The number of fused-ring (bicyclic) bond motifs is 1. The molecule has 5 nitrogen and oxygen atoms in total. The standard InChI is InChI=1S/C23H19FN2O3S/c1-3-29-22(28)19-14(2)25-23-26(20(19)16-9-5-4-6-10-16)21(27)18(30-23)13-15-8-7-11-17(24)12-15/h4-13,20H,3H2,1-2H3/b18-13-. The summed E-state index contributed by atoms with van der Waals surface area (Å²) in [5.41, 5.74) is 1.94. The van der Waals surface area contributed by atoms with Crippen molar-refractivity contribution in [2.24, 2.45) is 4.99 Å². The van der Waals surface area contributed by atoms with Crippen LogP contribution in [0.3, 0.4) is 0 Å². The molecule has 0 N–H and O–H groups in total. The molecule has 30 heavy (non-hydrogen) atoms. The smallest absolute Gasteiger partial charge is 0.338 e. The van der Waals surface area contributed by atoms with E-state index in [1.165, 1.54) is 28.0 Å². The molecule has 1 unspecified atom stereocenters. The maximum atomic E-state index is 13.6. The third kappa shape index (κ3) is 3.64. The van der Waals surface area contributed by atoms with Gasteiger partial charge in [0.2, 0.25) is 0 Å². The number of allylic oxidation sites excluding steroid dienone is 1. The first-order valence-corrected chi connectivity index (χ1v) is 10.3. The number of esters is 1. The number of aromatic nitrogens is 1. The van der Waals surface area contributed by atoms with E-state index in [2.05, 4.69) is 4.99 Å².